The van der Waals surface area contributed by atoms with Crippen LogP contribution in [0.15, 0.2) is 0 Å². The Labute approximate surface area is 108 Å². The number of hydrogen-bond donors (Lipinski definition) is 3. The van der Waals surface area contributed by atoms with Gasteiger partial charge in [-0.25, -0.2) is 4.21 Å². The zero-order valence-corrected chi connectivity index (χ0v) is 10.4. The van der Waals surface area contributed by atoms with Crippen molar-refractivity contribution in [2.75, 3.05) is 0 Å². The maximum atomic E-state index is 9.00. The first-order valence-electron chi connectivity index (χ1n) is 1.21. The molecule has 0 saturated heterocycles. The van der Waals surface area contributed by atoms with E-state index in [0.29, 0.717) is 0 Å². The third-order valence-corrected chi connectivity index (χ3v) is 0. The number of hydrogen-bond acceptors (Lipinski definition) is 4. The van der Waals surface area contributed by atoms with Gasteiger partial charge in [-0.3, -0.25) is 9.11 Å². The molecule has 0 bridgehead atoms. The van der Waals surface area contributed by atoms with Gasteiger partial charge in [-0.1, -0.05) is 0 Å². The van der Waals surface area contributed by atoms with Gasteiger partial charge in [0.05, 0.1) is 9.05 Å². The molecular formula is H3KO6S3. The topological polar surface area (TPSA) is 118 Å². The summed E-state index contributed by atoms with van der Waals surface area (Å²) in [6, 6.07) is 0. The normalized spacial score (nSPS) is 14.1. The molecule has 0 aliphatic rings. The molecule has 0 aromatic heterocycles. The average molecular weight is 234 g/mol. The third kappa shape index (κ3) is 203. The molecule has 0 heterocycles. The molecule has 0 radical (unpaired) electrons. The maximum Gasteiger partial charge on any atom is 1.00 e. The van der Waals surface area contributed by atoms with E-state index in [9.17, 15) is 0 Å². The summed E-state index contributed by atoms with van der Waals surface area (Å²) in [6.07, 6.45) is 0. The van der Waals surface area contributed by atoms with Gasteiger partial charge in [0.15, 0.2) is 0 Å². The van der Waals surface area contributed by atoms with Crippen LogP contribution in [0, 0.1) is 0 Å². The van der Waals surface area contributed by atoms with E-state index in [0.717, 1.165) is 0 Å². The average Bonchev–Trinajstić information content (AvgIpc) is 1.19. The minimum Gasteiger partial charge on any atom is -0.748 e. The molecule has 0 aromatic carbocycles. The van der Waals surface area contributed by atoms with E-state index in [-0.39, 0.29) is 51.4 Å². The van der Waals surface area contributed by atoms with Crippen molar-refractivity contribution < 1.29 is 78.0 Å². The molecular weight excluding hydrogens is 231 g/mol. The Morgan fingerprint density at radius 3 is 1.50 bits per heavy atom. The Bertz CT molecular complexity index is 155. The van der Waals surface area contributed by atoms with Crippen molar-refractivity contribution in [2.45, 2.75) is 0 Å². The molecule has 1 atom stereocenters. The van der Waals surface area contributed by atoms with E-state index < -0.39 is 20.4 Å². The Kier molecular flexibility index (Phi) is 16.3. The monoisotopic (exact) mass is 234 g/mol. The standard InChI is InChI=1S/K.H2O3S2.H2O3S/c;1-5(2,3)4;1-4(2)3/h;(H2,1,2,3,4);(H2,1,2,3)/q+1;;/p-1. The summed E-state index contributed by atoms with van der Waals surface area (Å²) < 4.78 is 48.1. The van der Waals surface area contributed by atoms with Gasteiger partial charge in [0.25, 0.3) is 11.4 Å². The molecule has 6 nitrogen and oxygen atoms in total. The first-order chi connectivity index (χ1) is 3.73. The van der Waals surface area contributed by atoms with Gasteiger partial charge >= 0.3 is 51.4 Å². The zero-order chi connectivity index (χ0) is 8.08. The fourth-order valence-corrected chi connectivity index (χ4v) is 0. The summed E-state index contributed by atoms with van der Waals surface area (Å²) in [6.45, 7) is 0. The van der Waals surface area contributed by atoms with Crippen LogP contribution in [-0.4, -0.2) is 26.6 Å². The Balaban J connectivity index is -0.0000000910. The third-order valence-electron chi connectivity index (χ3n) is 0. The van der Waals surface area contributed by atoms with Crippen LogP contribution in [0.2, 0.25) is 0 Å². The van der Waals surface area contributed by atoms with Gasteiger partial charge in [0.2, 0.25) is 0 Å². The van der Waals surface area contributed by atoms with Gasteiger partial charge in [-0.05, 0) is 11.2 Å². The summed E-state index contributed by atoms with van der Waals surface area (Å²) in [4.78, 5) is 0. The molecule has 0 aromatic rings. The Morgan fingerprint density at radius 1 is 1.50 bits per heavy atom. The van der Waals surface area contributed by atoms with Gasteiger partial charge in [-0.15, -0.1) is 0 Å². The summed E-state index contributed by atoms with van der Waals surface area (Å²) in [5.74, 6) is 0. The Morgan fingerprint density at radius 2 is 1.50 bits per heavy atom. The van der Waals surface area contributed by atoms with E-state index >= 15 is 0 Å². The quantitative estimate of drug-likeness (QED) is 0.289. The van der Waals surface area contributed by atoms with Crippen LogP contribution in [0.5, 0.6) is 0 Å². The maximum absolute atomic E-state index is 9.00. The second-order valence-electron chi connectivity index (χ2n) is 0.658. The first kappa shape index (κ1) is 17.9. The van der Waals surface area contributed by atoms with Crippen LogP contribution in [0.3, 0.4) is 0 Å². The molecule has 0 fully saturated rings. The van der Waals surface area contributed by atoms with Crippen molar-refractivity contribution in [1.29, 1.82) is 0 Å². The molecule has 0 amide bonds. The van der Waals surface area contributed by atoms with Crippen LogP contribution in [-0.2, 0) is 31.6 Å². The van der Waals surface area contributed by atoms with Crippen LogP contribution < -0.4 is 51.4 Å². The number of rotatable bonds is 0. The van der Waals surface area contributed by atoms with Crippen LogP contribution in [0.25, 0.3) is 0 Å². The largest absolute Gasteiger partial charge is 1.00 e. The predicted molar refractivity (Wildman–Crippen MR) is 32.3 cm³/mol. The van der Waals surface area contributed by atoms with Gasteiger partial charge < -0.3 is 9.11 Å². The molecule has 10 heteroatoms. The molecule has 0 saturated carbocycles. The van der Waals surface area contributed by atoms with E-state index in [1.54, 1.807) is 0 Å². The fraction of sp³-hybridized carbons (Fsp3) is 0. The first-order valence-corrected chi connectivity index (χ1v) is 4.64. The SMILES string of the molecule is O=S(O)O.O=S([O-])(O)=S.[K+]. The van der Waals surface area contributed by atoms with Crippen molar-refractivity contribution in [3.8, 4) is 0 Å². The summed E-state index contributed by atoms with van der Waals surface area (Å²) in [5, 5.41) is 0. The fourth-order valence-electron chi connectivity index (χ4n) is 0. The summed E-state index contributed by atoms with van der Waals surface area (Å²) >= 11 is 0.743. The second kappa shape index (κ2) is 9.09. The van der Waals surface area contributed by atoms with Crippen molar-refractivity contribution in [3.05, 3.63) is 0 Å². The van der Waals surface area contributed by atoms with E-state index in [1.807, 2.05) is 0 Å². The van der Waals surface area contributed by atoms with E-state index in [4.69, 9.17) is 26.6 Å². The summed E-state index contributed by atoms with van der Waals surface area (Å²) in [7, 11) is -4.08. The van der Waals surface area contributed by atoms with E-state index in [1.165, 1.54) is 0 Å². The van der Waals surface area contributed by atoms with Crippen molar-refractivity contribution in [2.24, 2.45) is 0 Å². The van der Waals surface area contributed by atoms with Crippen LogP contribution in [0.4, 0.5) is 0 Å². The van der Waals surface area contributed by atoms with Crippen LogP contribution >= 0.6 is 0 Å². The van der Waals surface area contributed by atoms with Crippen molar-refractivity contribution >= 4 is 31.6 Å². The molecule has 58 valence electrons. The van der Waals surface area contributed by atoms with Crippen LogP contribution in [0.1, 0.15) is 0 Å². The van der Waals surface area contributed by atoms with Crippen molar-refractivity contribution in [1.82, 2.24) is 0 Å². The molecule has 3 N–H and O–H groups in total. The summed E-state index contributed by atoms with van der Waals surface area (Å²) in [5.41, 5.74) is 0. The minimum atomic E-state index is -4.08. The van der Waals surface area contributed by atoms with E-state index in [2.05, 4.69) is 11.2 Å². The van der Waals surface area contributed by atoms with Gasteiger partial charge in [-0.2, -0.15) is 4.21 Å². The van der Waals surface area contributed by atoms with Crippen molar-refractivity contribution in [3.63, 3.8) is 0 Å². The second-order valence-corrected chi connectivity index (χ2v) is 3.24. The smallest absolute Gasteiger partial charge is 0.748 e. The predicted octanol–water partition coefficient (Wildman–Crippen LogP) is -3.98. The minimum absolute atomic E-state index is 0. The molecule has 10 heavy (non-hydrogen) atoms. The molecule has 0 spiro atoms. The van der Waals surface area contributed by atoms with Gasteiger partial charge in [0.1, 0.15) is 0 Å². The Hall–Kier alpha value is 2.00. The molecule has 1 unspecified atom stereocenters. The van der Waals surface area contributed by atoms with Gasteiger partial charge in [0, 0.05) is 0 Å². The zero-order valence-electron chi connectivity index (χ0n) is 4.79. The molecule has 0 aliphatic heterocycles. The molecule has 0 aliphatic carbocycles. The molecule has 0 rings (SSSR count).